The monoisotopic (exact) mass is 375 g/mol. The molecule has 1 fully saturated rings. The Hall–Kier alpha value is -3.25. The molecule has 28 heavy (non-hydrogen) atoms. The Morgan fingerprint density at radius 1 is 1.07 bits per heavy atom. The van der Waals surface area contributed by atoms with E-state index in [2.05, 4.69) is 0 Å². The van der Waals surface area contributed by atoms with E-state index in [1.165, 1.54) is 4.90 Å². The number of carboxylic acids is 1. The lowest BCUT2D eigenvalue weighted by Gasteiger charge is -2.44. The minimum Gasteiger partial charge on any atom is -0.477 e. The fraction of sp³-hybridized carbons (Fsp3) is 0.227. The van der Waals surface area contributed by atoms with Crippen molar-refractivity contribution in [1.29, 1.82) is 0 Å². The van der Waals surface area contributed by atoms with Gasteiger partial charge in [-0.15, -0.1) is 0 Å². The fourth-order valence-corrected chi connectivity index (χ4v) is 4.74. The summed E-state index contributed by atoms with van der Waals surface area (Å²) in [6, 6.07) is 12.4. The molecule has 2 aliphatic heterocycles. The van der Waals surface area contributed by atoms with Crippen molar-refractivity contribution in [3.8, 4) is 11.1 Å². The number of hydrogen-bond donors (Lipinski definition) is 2. The number of aliphatic hydroxyl groups excluding tert-OH is 1. The van der Waals surface area contributed by atoms with Crippen molar-refractivity contribution in [2.24, 2.45) is 5.92 Å². The maximum absolute atomic E-state index is 12.8. The molecule has 0 bridgehead atoms. The van der Waals surface area contributed by atoms with Crippen molar-refractivity contribution < 1.29 is 24.6 Å². The summed E-state index contributed by atoms with van der Waals surface area (Å²) in [4.78, 5) is 38.3. The van der Waals surface area contributed by atoms with Crippen molar-refractivity contribution in [1.82, 2.24) is 4.90 Å². The van der Waals surface area contributed by atoms with E-state index in [1.807, 2.05) is 24.3 Å². The molecule has 2 N–H and O–H groups in total. The highest BCUT2D eigenvalue weighted by molar-refractivity contribution is 6.22. The Labute approximate surface area is 160 Å². The average molecular weight is 375 g/mol. The molecule has 0 aromatic heterocycles. The summed E-state index contributed by atoms with van der Waals surface area (Å²) in [5.41, 5.74) is 4.01. The number of aliphatic carboxylic acids is 1. The molecule has 0 radical (unpaired) electrons. The molecule has 2 heterocycles. The number of β-lactam (4-membered cyclic amide) rings is 1. The van der Waals surface area contributed by atoms with E-state index in [-0.39, 0.29) is 23.4 Å². The van der Waals surface area contributed by atoms with E-state index in [4.69, 9.17) is 0 Å². The predicted molar refractivity (Wildman–Crippen MR) is 100 cm³/mol. The third kappa shape index (κ3) is 2.03. The molecule has 2 aromatic carbocycles. The van der Waals surface area contributed by atoms with E-state index in [1.54, 1.807) is 25.1 Å². The zero-order valence-electron chi connectivity index (χ0n) is 15.0. The molecule has 6 heteroatoms. The quantitative estimate of drug-likeness (QED) is 0.685. The molecular formula is C22H17NO5. The van der Waals surface area contributed by atoms with Crippen molar-refractivity contribution >= 4 is 23.2 Å². The summed E-state index contributed by atoms with van der Waals surface area (Å²) in [7, 11) is 0. The van der Waals surface area contributed by atoms with E-state index in [0.29, 0.717) is 28.7 Å². The molecule has 2 aromatic rings. The number of carbonyl (C=O) groups excluding carboxylic acids is 2. The van der Waals surface area contributed by atoms with Gasteiger partial charge in [-0.1, -0.05) is 36.4 Å². The number of hydrogen-bond acceptors (Lipinski definition) is 4. The zero-order chi connectivity index (χ0) is 19.7. The molecule has 6 nitrogen and oxygen atoms in total. The Balaban J connectivity index is 1.60. The van der Waals surface area contributed by atoms with Crippen LogP contribution in [0.5, 0.6) is 0 Å². The molecule has 1 amide bonds. The molecule has 3 aliphatic rings. The molecule has 0 spiro atoms. The van der Waals surface area contributed by atoms with Crippen LogP contribution in [0.25, 0.3) is 16.7 Å². The molecule has 0 saturated carbocycles. The van der Waals surface area contributed by atoms with Gasteiger partial charge in [0.2, 0.25) is 5.91 Å². The Morgan fingerprint density at radius 2 is 1.75 bits per heavy atom. The number of amides is 1. The average Bonchev–Trinajstić information content (AvgIpc) is 3.15. The SMILES string of the molecule is C[C@@H](O)[C@H]1C(=O)N2C(C(=O)O)=C(c3ccc4c(c3)C(=O)c3ccccc3-4)C[C@H]12. The second-order valence-corrected chi connectivity index (χ2v) is 7.51. The van der Waals surface area contributed by atoms with Gasteiger partial charge in [0.15, 0.2) is 5.78 Å². The Bertz CT molecular complexity index is 1110. The van der Waals surface area contributed by atoms with Gasteiger partial charge in [0.05, 0.1) is 18.1 Å². The number of carbonyl (C=O) groups is 3. The Kier molecular flexibility index (Phi) is 3.39. The number of benzene rings is 2. The first-order chi connectivity index (χ1) is 13.4. The molecule has 1 aliphatic carbocycles. The lowest BCUT2D eigenvalue weighted by molar-refractivity contribution is -0.161. The maximum Gasteiger partial charge on any atom is 0.352 e. The summed E-state index contributed by atoms with van der Waals surface area (Å²) < 4.78 is 0. The highest BCUT2D eigenvalue weighted by atomic mass is 16.4. The number of rotatable bonds is 3. The van der Waals surface area contributed by atoms with Gasteiger partial charge in [0.1, 0.15) is 5.70 Å². The van der Waals surface area contributed by atoms with Gasteiger partial charge in [-0.2, -0.15) is 0 Å². The number of ketones is 1. The molecule has 0 unspecified atom stereocenters. The number of aliphatic hydroxyl groups is 1. The molecule has 1 saturated heterocycles. The molecule has 5 rings (SSSR count). The van der Waals surface area contributed by atoms with E-state index < -0.39 is 18.0 Å². The van der Waals surface area contributed by atoms with E-state index in [9.17, 15) is 24.6 Å². The van der Waals surface area contributed by atoms with Crippen LogP contribution in [0.3, 0.4) is 0 Å². The highest BCUT2D eigenvalue weighted by Crippen LogP contribution is 2.48. The van der Waals surface area contributed by atoms with Gasteiger partial charge in [-0.25, -0.2) is 4.79 Å². The largest absolute Gasteiger partial charge is 0.477 e. The van der Waals surface area contributed by atoms with Gasteiger partial charge in [-0.05, 0) is 41.7 Å². The third-order valence-corrected chi connectivity index (χ3v) is 6.01. The fourth-order valence-electron chi connectivity index (χ4n) is 4.74. The maximum atomic E-state index is 12.8. The topological polar surface area (TPSA) is 94.9 Å². The van der Waals surface area contributed by atoms with Gasteiger partial charge < -0.3 is 15.1 Å². The van der Waals surface area contributed by atoms with Crippen LogP contribution in [-0.4, -0.2) is 44.9 Å². The lowest BCUT2D eigenvalue weighted by atomic mass is 9.82. The minimum absolute atomic E-state index is 0.0465. The minimum atomic E-state index is -1.18. The van der Waals surface area contributed by atoms with Gasteiger partial charge in [0.25, 0.3) is 0 Å². The van der Waals surface area contributed by atoms with Crippen molar-refractivity contribution in [2.75, 3.05) is 0 Å². The number of fused-ring (bicyclic) bond motifs is 4. The summed E-state index contributed by atoms with van der Waals surface area (Å²) in [5.74, 6) is -2.21. The standard InChI is InChI=1S/C22H17NO5/c1-10(24)18-17-9-15(19(22(27)28)23(17)21(18)26)11-6-7-13-12-4-2-3-5-14(12)20(25)16(13)8-11/h2-8,10,17-18,24H,9H2,1H3,(H,27,28)/t10-,17-,18-/m1/s1. The summed E-state index contributed by atoms with van der Waals surface area (Å²) in [6.45, 7) is 1.55. The summed E-state index contributed by atoms with van der Waals surface area (Å²) in [6.07, 6.45) is -0.484. The van der Waals surface area contributed by atoms with Crippen LogP contribution in [-0.2, 0) is 9.59 Å². The van der Waals surface area contributed by atoms with Crippen molar-refractivity contribution in [2.45, 2.75) is 25.5 Å². The van der Waals surface area contributed by atoms with Crippen molar-refractivity contribution in [3.63, 3.8) is 0 Å². The number of carboxylic acid groups (broad SMARTS) is 1. The van der Waals surface area contributed by atoms with Crippen LogP contribution < -0.4 is 0 Å². The van der Waals surface area contributed by atoms with Gasteiger partial charge >= 0.3 is 5.97 Å². The zero-order valence-corrected chi connectivity index (χ0v) is 15.0. The summed E-state index contributed by atoms with van der Waals surface area (Å²) in [5, 5.41) is 19.6. The Morgan fingerprint density at radius 3 is 2.43 bits per heavy atom. The lowest BCUT2D eigenvalue weighted by Crippen LogP contribution is -2.61. The predicted octanol–water partition coefficient (Wildman–Crippen LogP) is 2.31. The smallest absolute Gasteiger partial charge is 0.352 e. The van der Waals surface area contributed by atoms with Crippen LogP contribution in [0, 0.1) is 5.92 Å². The van der Waals surface area contributed by atoms with Crippen LogP contribution in [0.1, 0.15) is 34.8 Å². The van der Waals surface area contributed by atoms with Crippen LogP contribution in [0.15, 0.2) is 48.2 Å². The normalized spacial score (nSPS) is 23.3. The molecular weight excluding hydrogens is 358 g/mol. The van der Waals surface area contributed by atoms with E-state index >= 15 is 0 Å². The second kappa shape index (κ2) is 5.62. The summed E-state index contributed by atoms with van der Waals surface area (Å²) >= 11 is 0. The highest BCUT2D eigenvalue weighted by Gasteiger charge is 2.56. The van der Waals surface area contributed by atoms with Crippen LogP contribution in [0.4, 0.5) is 0 Å². The number of nitrogens with zero attached hydrogens (tertiary/aromatic N) is 1. The molecule has 140 valence electrons. The second-order valence-electron chi connectivity index (χ2n) is 7.51. The first kappa shape index (κ1) is 16.9. The third-order valence-electron chi connectivity index (χ3n) is 6.01. The van der Waals surface area contributed by atoms with Crippen molar-refractivity contribution in [3.05, 3.63) is 64.9 Å². The van der Waals surface area contributed by atoms with Gasteiger partial charge in [0, 0.05) is 11.1 Å². The molecule has 3 atom stereocenters. The van der Waals surface area contributed by atoms with Gasteiger partial charge in [-0.3, -0.25) is 9.59 Å². The first-order valence-electron chi connectivity index (χ1n) is 9.16. The first-order valence-corrected chi connectivity index (χ1v) is 9.16. The van der Waals surface area contributed by atoms with E-state index in [0.717, 1.165) is 11.1 Å². The van der Waals surface area contributed by atoms with Crippen LogP contribution in [0.2, 0.25) is 0 Å². The van der Waals surface area contributed by atoms with Crippen LogP contribution >= 0.6 is 0 Å².